The molecule has 0 bridgehead atoms. The van der Waals surface area contributed by atoms with Gasteiger partial charge in [-0.2, -0.15) is 0 Å². The molecule has 1 N–H and O–H groups in total. The van der Waals surface area contributed by atoms with Crippen molar-refractivity contribution in [1.82, 2.24) is 10.2 Å². The van der Waals surface area contributed by atoms with Crippen molar-refractivity contribution in [2.45, 2.75) is 46.2 Å². The number of unbranched alkanes of at least 4 members (excludes halogenated alkanes) is 1. The molecule has 0 radical (unpaired) electrons. The molecule has 0 aliphatic heterocycles. The molecule has 0 saturated carbocycles. The van der Waals surface area contributed by atoms with Crippen LogP contribution in [-0.4, -0.2) is 57.1 Å². The van der Waals surface area contributed by atoms with Gasteiger partial charge < -0.3 is 15.0 Å². The molecule has 2 aromatic rings. The van der Waals surface area contributed by atoms with Gasteiger partial charge in [0.1, 0.15) is 18.3 Å². The lowest BCUT2D eigenvalue weighted by Gasteiger charge is -2.32. The van der Waals surface area contributed by atoms with Gasteiger partial charge in [-0.15, -0.1) is 0 Å². The van der Waals surface area contributed by atoms with E-state index in [9.17, 15) is 18.0 Å². The Bertz CT molecular complexity index is 1040. The van der Waals surface area contributed by atoms with Crippen LogP contribution in [0.15, 0.2) is 54.6 Å². The molecule has 0 aromatic heterocycles. The minimum atomic E-state index is -3.82. The van der Waals surface area contributed by atoms with Crippen molar-refractivity contribution in [3.8, 4) is 5.75 Å². The molecule has 2 rings (SSSR count). The number of anilines is 1. The average Bonchev–Trinajstić information content (AvgIpc) is 2.81. The molecular weight excluding hydrogens is 454 g/mol. The topological polar surface area (TPSA) is 96.0 Å². The van der Waals surface area contributed by atoms with Crippen LogP contribution in [0.5, 0.6) is 5.75 Å². The third-order valence-corrected chi connectivity index (χ3v) is 6.43. The van der Waals surface area contributed by atoms with Gasteiger partial charge in [0.2, 0.25) is 21.8 Å². The van der Waals surface area contributed by atoms with E-state index >= 15 is 0 Å². The molecule has 0 saturated heterocycles. The van der Waals surface area contributed by atoms with E-state index < -0.39 is 28.5 Å². The van der Waals surface area contributed by atoms with Crippen LogP contribution in [0, 0.1) is 0 Å². The summed E-state index contributed by atoms with van der Waals surface area (Å²) in [7, 11) is -3.82. The molecule has 0 aliphatic carbocycles. The molecule has 9 heteroatoms. The lowest BCUT2D eigenvalue weighted by molar-refractivity contribution is -0.139. The Balaban J connectivity index is 2.36. The van der Waals surface area contributed by atoms with Gasteiger partial charge >= 0.3 is 0 Å². The van der Waals surface area contributed by atoms with E-state index in [1.54, 1.807) is 38.1 Å². The van der Waals surface area contributed by atoms with Crippen LogP contribution in [-0.2, 0) is 26.2 Å². The van der Waals surface area contributed by atoms with Gasteiger partial charge in [0.05, 0.1) is 18.6 Å². The molecule has 0 aliphatic rings. The summed E-state index contributed by atoms with van der Waals surface area (Å²) in [5.74, 6) is -0.403. The lowest BCUT2D eigenvalue weighted by Crippen LogP contribution is -2.51. The predicted molar refractivity (Wildman–Crippen MR) is 134 cm³/mol. The second-order valence-electron chi connectivity index (χ2n) is 8.00. The summed E-state index contributed by atoms with van der Waals surface area (Å²) < 4.78 is 32.0. The zero-order valence-corrected chi connectivity index (χ0v) is 21.2. The first kappa shape index (κ1) is 27.2. The Labute approximate surface area is 202 Å². The Morgan fingerprint density at radius 3 is 2.29 bits per heavy atom. The summed E-state index contributed by atoms with van der Waals surface area (Å²) >= 11 is 0. The van der Waals surface area contributed by atoms with Crippen molar-refractivity contribution in [1.29, 1.82) is 0 Å². The molecule has 8 nitrogen and oxygen atoms in total. The second-order valence-corrected chi connectivity index (χ2v) is 9.90. The molecule has 1 atom stereocenters. The Morgan fingerprint density at radius 1 is 1.03 bits per heavy atom. The fourth-order valence-electron chi connectivity index (χ4n) is 3.43. The smallest absolute Gasteiger partial charge is 0.244 e. The van der Waals surface area contributed by atoms with E-state index in [2.05, 4.69) is 5.32 Å². The molecule has 2 amide bonds. The van der Waals surface area contributed by atoms with Gasteiger partial charge in [-0.05, 0) is 38.0 Å². The lowest BCUT2D eigenvalue weighted by atomic mass is 10.1. The Kier molecular flexibility index (Phi) is 10.4. The number of benzene rings is 2. The number of carbonyl (C=O) groups excluding carboxylic acids is 2. The van der Waals surface area contributed by atoms with Gasteiger partial charge in [0.25, 0.3) is 0 Å². The van der Waals surface area contributed by atoms with E-state index in [4.69, 9.17) is 4.74 Å². The Hall–Kier alpha value is -3.07. The number of nitrogens with zero attached hydrogens (tertiary/aromatic N) is 2. The zero-order valence-electron chi connectivity index (χ0n) is 20.4. The Morgan fingerprint density at radius 2 is 1.68 bits per heavy atom. The number of sulfonamides is 1. The van der Waals surface area contributed by atoms with Crippen LogP contribution < -0.4 is 14.4 Å². The predicted octanol–water partition coefficient (Wildman–Crippen LogP) is 3.18. The second kappa shape index (κ2) is 13.0. The molecule has 34 heavy (non-hydrogen) atoms. The summed E-state index contributed by atoms with van der Waals surface area (Å²) in [6, 6.07) is 15.2. The van der Waals surface area contributed by atoms with Crippen molar-refractivity contribution < 1.29 is 22.7 Å². The molecule has 1 unspecified atom stereocenters. The van der Waals surface area contributed by atoms with Gasteiger partial charge in [-0.25, -0.2) is 8.42 Å². The molecule has 186 valence electrons. The standard InChI is InChI=1S/C25H35N3O5S/c1-5-7-17-26-25(30)20(3)27(18-21-13-9-8-10-14-21)24(29)19-28(34(4,31)32)22-15-11-12-16-23(22)33-6-2/h8-16,20H,5-7,17-19H2,1-4H3,(H,26,30). The van der Waals surface area contributed by atoms with Crippen LogP contribution >= 0.6 is 0 Å². The first-order chi connectivity index (χ1) is 16.2. The van der Waals surface area contributed by atoms with E-state index in [-0.39, 0.29) is 18.1 Å². The minimum Gasteiger partial charge on any atom is -0.492 e. The number of nitrogens with one attached hydrogen (secondary N) is 1. The normalized spacial score (nSPS) is 12.0. The number of para-hydroxylation sites is 2. The maximum Gasteiger partial charge on any atom is 0.244 e. The summed E-state index contributed by atoms with van der Waals surface area (Å²) in [6.45, 7) is 6.06. The summed E-state index contributed by atoms with van der Waals surface area (Å²) in [5.41, 5.74) is 1.12. The van der Waals surface area contributed by atoms with Crippen LogP contribution in [0.1, 0.15) is 39.2 Å². The van der Waals surface area contributed by atoms with Crippen molar-refractivity contribution in [2.24, 2.45) is 0 Å². The number of carbonyl (C=O) groups is 2. The highest BCUT2D eigenvalue weighted by molar-refractivity contribution is 7.92. The third kappa shape index (κ3) is 7.76. The van der Waals surface area contributed by atoms with Crippen molar-refractivity contribution in [2.75, 3.05) is 30.3 Å². The molecule has 0 spiro atoms. The number of hydrogen-bond donors (Lipinski definition) is 1. The highest BCUT2D eigenvalue weighted by atomic mass is 32.2. The quantitative estimate of drug-likeness (QED) is 0.436. The first-order valence-corrected chi connectivity index (χ1v) is 13.3. The van der Waals surface area contributed by atoms with E-state index in [1.165, 1.54) is 4.90 Å². The van der Waals surface area contributed by atoms with Gasteiger partial charge in [0, 0.05) is 13.1 Å². The first-order valence-electron chi connectivity index (χ1n) is 11.5. The summed E-state index contributed by atoms with van der Waals surface area (Å²) in [4.78, 5) is 27.7. The summed E-state index contributed by atoms with van der Waals surface area (Å²) in [6.07, 6.45) is 2.82. The highest BCUT2D eigenvalue weighted by Crippen LogP contribution is 2.30. The number of ether oxygens (including phenoxy) is 1. The van der Waals surface area contributed by atoms with E-state index in [0.29, 0.717) is 18.9 Å². The maximum absolute atomic E-state index is 13.5. The van der Waals surface area contributed by atoms with Crippen LogP contribution in [0.4, 0.5) is 5.69 Å². The molecule has 0 fully saturated rings. The summed E-state index contributed by atoms with van der Waals surface area (Å²) in [5, 5.41) is 2.86. The van der Waals surface area contributed by atoms with E-state index in [1.807, 2.05) is 37.3 Å². The molecule has 0 heterocycles. The van der Waals surface area contributed by atoms with Crippen molar-refractivity contribution in [3.05, 3.63) is 60.2 Å². The van der Waals surface area contributed by atoms with Gasteiger partial charge in [0.15, 0.2) is 0 Å². The van der Waals surface area contributed by atoms with Crippen molar-refractivity contribution in [3.63, 3.8) is 0 Å². The SMILES string of the molecule is CCCCNC(=O)C(C)N(Cc1ccccc1)C(=O)CN(c1ccccc1OCC)S(C)(=O)=O. The van der Waals surface area contributed by atoms with Gasteiger partial charge in [-0.3, -0.25) is 13.9 Å². The van der Waals surface area contributed by atoms with Crippen LogP contribution in [0.3, 0.4) is 0 Å². The van der Waals surface area contributed by atoms with Crippen LogP contribution in [0.2, 0.25) is 0 Å². The van der Waals surface area contributed by atoms with E-state index in [0.717, 1.165) is 29.0 Å². The third-order valence-electron chi connectivity index (χ3n) is 5.31. The van der Waals surface area contributed by atoms with Crippen LogP contribution in [0.25, 0.3) is 0 Å². The fraction of sp³-hybridized carbons (Fsp3) is 0.440. The largest absolute Gasteiger partial charge is 0.492 e. The number of hydrogen-bond acceptors (Lipinski definition) is 5. The van der Waals surface area contributed by atoms with Crippen molar-refractivity contribution >= 4 is 27.5 Å². The molecule has 2 aromatic carbocycles. The maximum atomic E-state index is 13.5. The number of amides is 2. The highest BCUT2D eigenvalue weighted by Gasteiger charge is 2.31. The average molecular weight is 490 g/mol. The van der Waals surface area contributed by atoms with Gasteiger partial charge in [-0.1, -0.05) is 55.8 Å². The monoisotopic (exact) mass is 489 g/mol. The zero-order chi connectivity index (χ0) is 25.1. The fourth-order valence-corrected chi connectivity index (χ4v) is 4.29. The number of rotatable bonds is 13. The molecular formula is C25H35N3O5S. The minimum absolute atomic E-state index is 0.173.